The van der Waals surface area contributed by atoms with Crippen LogP contribution in [0.3, 0.4) is 0 Å². The van der Waals surface area contributed by atoms with Crippen molar-refractivity contribution in [2.75, 3.05) is 13.7 Å². The lowest BCUT2D eigenvalue weighted by Crippen LogP contribution is -2.28. The van der Waals surface area contributed by atoms with Gasteiger partial charge in [0.1, 0.15) is 11.5 Å². The van der Waals surface area contributed by atoms with Gasteiger partial charge in [-0.3, -0.25) is 9.69 Å². The van der Waals surface area contributed by atoms with E-state index in [0.717, 1.165) is 0 Å². The number of ether oxygens (including phenoxy) is 2. The summed E-state index contributed by atoms with van der Waals surface area (Å²) < 4.78 is 16.1. The van der Waals surface area contributed by atoms with E-state index in [2.05, 4.69) is 4.99 Å². The van der Waals surface area contributed by atoms with Crippen molar-refractivity contribution in [3.63, 3.8) is 0 Å². The molecule has 0 N–H and O–H groups in total. The number of hydrogen-bond acceptors (Lipinski definition) is 8. The first-order valence-electron chi connectivity index (χ1n) is 11.7. The van der Waals surface area contributed by atoms with Gasteiger partial charge in [-0.1, -0.05) is 24.3 Å². The predicted molar refractivity (Wildman–Crippen MR) is 143 cm³/mol. The molecule has 0 spiro atoms. The zero-order valence-electron chi connectivity index (χ0n) is 20.9. The summed E-state index contributed by atoms with van der Waals surface area (Å²) in [6, 6.07) is 17.3. The first-order valence-corrected chi connectivity index (χ1v) is 12.5. The molecule has 4 rings (SSSR count). The Morgan fingerprint density at radius 1 is 1.08 bits per heavy atom. The van der Waals surface area contributed by atoms with E-state index < -0.39 is 11.9 Å². The van der Waals surface area contributed by atoms with Gasteiger partial charge >= 0.3 is 11.9 Å². The molecule has 8 nitrogen and oxygen atoms in total. The minimum Gasteiger partial charge on any atom is -0.465 e. The molecule has 190 valence electrons. The van der Waals surface area contributed by atoms with Gasteiger partial charge in [0.15, 0.2) is 5.17 Å². The van der Waals surface area contributed by atoms with Crippen LogP contribution in [0.1, 0.15) is 47.2 Å². The zero-order chi connectivity index (χ0) is 26.5. The fourth-order valence-corrected chi connectivity index (χ4v) is 4.70. The lowest BCUT2D eigenvalue weighted by Gasteiger charge is -2.12. The molecule has 0 saturated carbocycles. The Morgan fingerprint density at radius 3 is 2.59 bits per heavy atom. The normalized spacial score (nSPS) is 15.6. The number of aliphatic imine (C=N–C) groups is 1. The Bertz CT molecular complexity index is 1400. The molecule has 1 aromatic heterocycles. The third kappa shape index (κ3) is 5.83. The second kappa shape index (κ2) is 11.3. The fraction of sp³-hybridized carbons (Fsp3) is 0.214. The van der Waals surface area contributed by atoms with E-state index in [1.54, 1.807) is 79.4 Å². The number of esters is 2. The van der Waals surface area contributed by atoms with Gasteiger partial charge < -0.3 is 13.9 Å². The van der Waals surface area contributed by atoms with Crippen LogP contribution in [0.15, 0.2) is 75.0 Å². The molecule has 0 aliphatic carbocycles. The van der Waals surface area contributed by atoms with E-state index in [4.69, 9.17) is 13.9 Å². The largest absolute Gasteiger partial charge is 0.465 e. The highest BCUT2D eigenvalue weighted by atomic mass is 32.2. The minimum atomic E-state index is -0.460. The third-order valence-electron chi connectivity index (χ3n) is 5.35. The van der Waals surface area contributed by atoms with Crippen molar-refractivity contribution in [3.8, 4) is 11.3 Å². The summed E-state index contributed by atoms with van der Waals surface area (Å²) in [6.45, 7) is 5.87. The van der Waals surface area contributed by atoms with E-state index >= 15 is 0 Å². The number of amides is 1. The van der Waals surface area contributed by atoms with Crippen LogP contribution in [0, 0.1) is 0 Å². The molecule has 0 unspecified atom stereocenters. The van der Waals surface area contributed by atoms with Crippen molar-refractivity contribution in [1.82, 2.24) is 4.90 Å². The van der Waals surface area contributed by atoms with Crippen LogP contribution in [-0.2, 0) is 14.3 Å². The average molecular weight is 519 g/mol. The Morgan fingerprint density at radius 2 is 1.86 bits per heavy atom. The number of methoxy groups -OCH3 is 1. The first-order chi connectivity index (χ1) is 17.8. The second-order valence-corrected chi connectivity index (χ2v) is 9.31. The molecule has 3 aromatic rings. The molecule has 0 radical (unpaired) electrons. The third-order valence-corrected chi connectivity index (χ3v) is 6.36. The Hall–Kier alpha value is -4.11. The number of furan rings is 1. The quantitative estimate of drug-likeness (QED) is 0.283. The van der Waals surface area contributed by atoms with Crippen LogP contribution in [-0.4, -0.2) is 47.7 Å². The van der Waals surface area contributed by atoms with Crippen LogP contribution in [0.4, 0.5) is 5.69 Å². The van der Waals surface area contributed by atoms with E-state index in [0.29, 0.717) is 50.5 Å². The van der Waals surface area contributed by atoms with Crippen molar-refractivity contribution in [3.05, 3.63) is 82.5 Å². The van der Waals surface area contributed by atoms with Crippen LogP contribution in [0.5, 0.6) is 0 Å². The Kier molecular flexibility index (Phi) is 7.93. The maximum absolute atomic E-state index is 13.1. The van der Waals surface area contributed by atoms with E-state index in [1.807, 2.05) is 13.0 Å². The summed E-state index contributed by atoms with van der Waals surface area (Å²) in [5.41, 5.74) is 1.91. The summed E-state index contributed by atoms with van der Waals surface area (Å²) in [4.78, 5) is 44.1. The predicted octanol–water partition coefficient (Wildman–Crippen LogP) is 5.92. The van der Waals surface area contributed by atoms with Crippen molar-refractivity contribution in [2.45, 2.75) is 26.9 Å². The fourth-order valence-electron chi connectivity index (χ4n) is 3.66. The lowest BCUT2D eigenvalue weighted by atomic mass is 10.1. The van der Waals surface area contributed by atoms with E-state index in [1.165, 1.54) is 18.9 Å². The monoisotopic (exact) mass is 518 g/mol. The number of nitrogens with zero attached hydrogens (tertiary/aromatic N) is 2. The molecule has 1 amide bonds. The standard InChI is InChI=1S/C28H26N2O6S/c1-5-30-25(31)24(37-28(30)29-19-10-8-9-18(15-19)26(32)34-4)16-20-13-14-23(36-20)21-11-6-7-12-22(21)27(33)35-17(2)3/h6-17H,5H2,1-4H3. The number of likely N-dealkylation sites (N-methyl/N-ethyl adjacent to an activating group) is 1. The molecule has 2 aromatic carbocycles. The molecule has 0 bridgehead atoms. The lowest BCUT2D eigenvalue weighted by molar-refractivity contribution is -0.122. The number of benzene rings is 2. The number of carbonyl (C=O) groups excluding carboxylic acids is 3. The molecule has 1 saturated heterocycles. The summed E-state index contributed by atoms with van der Waals surface area (Å²) in [5, 5.41) is 0.495. The van der Waals surface area contributed by atoms with Gasteiger partial charge in [0.25, 0.3) is 5.91 Å². The molecule has 1 fully saturated rings. The van der Waals surface area contributed by atoms with Crippen LogP contribution < -0.4 is 0 Å². The van der Waals surface area contributed by atoms with Crippen molar-refractivity contribution < 1.29 is 28.3 Å². The SMILES string of the molecule is CCN1C(=O)C(=Cc2ccc(-c3ccccc3C(=O)OC(C)C)o2)SC1=Nc1cccc(C(=O)OC)c1. The summed E-state index contributed by atoms with van der Waals surface area (Å²) in [5.74, 6) is -0.145. The number of amidine groups is 1. The molecular weight excluding hydrogens is 492 g/mol. The maximum Gasteiger partial charge on any atom is 0.339 e. The van der Waals surface area contributed by atoms with Gasteiger partial charge in [-0.05, 0) is 68.9 Å². The van der Waals surface area contributed by atoms with Crippen molar-refractivity contribution in [2.24, 2.45) is 4.99 Å². The first kappa shape index (κ1) is 26.0. The van der Waals surface area contributed by atoms with Crippen LogP contribution in [0.2, 0.25) is 0 Å². The Labute approximate surface area is 219 Å². The van der Waals surface area contributed by atoms with Crippen LogP contribution >= 0.6 is 11.8 Å². The molecule has 9 heteroatoms. The van der Waals surface area contributed by atoms with Gasteiger partial charge in [-0.25, -0.2) is 14.6 Å². The molecule has 2 heterocycles. The Balaban J connectivity index is 1.61. The summed E-state index contributed by atoms with van der Waals surface area (Å²) in [7, 11) is 1.32. The van der Waals surface area contributed by atoms with E-state index in [-0.39, 0.29) is 12.0 Å². The second-order valence-electron chi connectivity index (χ2n) is 8.30. The van der Waals surface area contributed by atoms with Crippen molar-refractivity contribution >= 4 is 46.5 Å². The molecule has 0 atom stereocenters. The van der Waals surface area contributed by atoms with Gasteiger partial charge in [0.05, 0.1) is 34.9 Å². The number of thioether (sulfide) groups is 1. The highest BCUT2D eigenvalue weighted by molar-refractivity contribution is 8.18. The number of rotatable bonds is 7. The van der Waals surface area contributed by atoms with Crippen LogP contribution in [0.25, 0.3) is 17.4 Å². The van der Waals surface area contributed by atoms with Gasteiger partial charge in [-0.2, -0.15) is 0 Å². The van der Waals surface area contributed by atoms with Gasteiger partial charge in [0, 0.05) is 18.2 Å². The maximum atomic E-state index is 13.1. The molecule has 1 aliphatic heterocycles. The molecular formula is C28H26N2O6S. The minimum absolute atomic E-state index is 0.200. The molecule has 37 heavy (non-hydrogen) atoms. The number of hydrogen-bond donors (Lipinski definition) is 0. The number of carbonyl (C=O) groups is 3. The zero-order valence-corrected chi connectivity index (χ0v) is 21.7. The van der Waals surface area contributed by atoms with E-state index in [9.17, 15) is 14.4 Å². The van der Waals surface area contributed by atoms with Gasteiger partial charge in [-0.15, -0.1) is 0 Å². The smallest absolute Gasteiger partial charge is 0.339 e. The highest BCUT2D eigenvalue weighted by Crippen LogP contribution is 2.35. The topological polar surface area (TPSA) is 98.4 Å². The summed E-state index contributed by atoms with van der Waals surface area (Å²) in [6.07, 6.45) is 1.41. The molecule has 1 aliphatic rings. The average Bonchev–Trinajstić information content (AvgIpc) is 3.47. The van der Waals surface area contributed by atoms with Crippen molar-refractivity contribution in [1.29, 1.82) is 0 Å². The highest BCUT2D eigenvalue weighted by Gasteiger charge is 2.32. The summed E-state index contributed by atoms with van der Waals surface area (Å²) >= 11 is 1.22. The van der Waals surface area contributed by atoms with Gasteiger partial charge in [0.2, 0.25) is 0 Å².